The van der Waals surface area contributed by atoms with E-state index in [0.29, 0.717) is 11.4 Å². The number of benzene rings is 1. The zero-order valence-electron chi connectivity index (χ0n) is 13.4. The Kier molecular flexibility index (Phi) is 4.50. The van der Waals surface area contributed by atoms with Gasteiger partial charge in [-0.3, -0.25) is 4.79 Å². The molecule has 2 N–H and O–H groups in total. The molecule has 0 saturated carbocycles. The number of fused-ring (bicyclic) bond motifs is 1. The lowest BCUT2D eigenvalue weighted by molar-refractivity contribution is 0.0927. The summed E-state index contributed by atoms with van der Waals surface area (Å²) < 4.78 is 24.3. The molecule has 0 amide bonds. The number of hydrogen-bond donors (Lipinski definition) is 2. The number of aromatic nitrogens is 1. The average molecular weight is 365 g/mol. The van der Waals surface area contributed by atoms with Gasteiger partial charge < -0.3 is 19.8 Å². The molecule has 1 aliphatic heterocycles. The maximum absolute atomic E-state index is 14.6. The van der Waals surface area contributed by atoms with Gasteiger partial charge in [0, 0.05) is 22.5 Å². The van der Waals surface area contributed by atoms with E-state index in [1.165, 1.54) is 24.4 Å². The van der Waals surface area contributed by atoms with Crippen LogP contribution in [0.2, 0.25) is 5.02 Å². The van der Waals surface area contributed by atoms with E-state index in [2.05, 4.69) is 15.0 Å². The quantitative estimate of drug-likeness (QED) is 0.793. The van der Waals surface area contributed by atoms with Crippen molar-refractivity contribution in [2.75, 3.05) is 12.4 Å². The van der Waals surface area contributed by atoms with Crippen molar-refractivity contribution in [2.24, 2.45) is 0 Å². The van der Waals surface area contributed by atoms with E-state index in [4.69, 9.17) is 16.3 Å². The highest BCUT2D eigenvalue weighted by Crippen LogP contribution is 2.43. The Labute approximate surface area is 147 Å². The normalized spacial score (nSPS) is 16.1. The number of nitrogens with one attached hydrogen (secondary N) is 2. The molecule has 2 heterocycles. The molecule has 0 spiro atoms. The molecule has 130 valence electrons. The largest absolute Gasteiger partial charge is 0.513 e. The predicted octanol–water partition coefficient (Wildman–Crippen LogP) is 3.74. The van der Waals surface area contributed by atoms with Crippen molar-refractivity contribution in [3.05, 3.63) is 74.2 Å². The van der Waals surface area contributed by atoms with Crippen molar-refractivity contribution in [1.82, 2.24) is 4.98 Å². The molecule has 3 rings (SSSR count). The molecule has 0 aliphatic carbocycles. The average Bonchev–Trinajstić information content (AvgIpc) is 2.57. The molecule has 25 heavy (non-hydrogen) atoms. The third-order valence-corrected chi connectivity index (χ3v) is 4.22. The van der Waals surface area contributed by atoms with Gasteiger partial charge in [0.05, 0.1) is 24.3 Å². The fourth-order valence-electron chi connectivity index (χ4n) is 2.83. The fourth-order valence-corrected chi connectivity index (χ4v) is 3.10. The summed E-state index contributed by atoms with van der Waals surface area (Å²) in [6, 6.07) is 5.82. The lowest BCUT2D eigenvalue weighted by atomic mass is 9.86. The molecule has 1 aromatic carbocycles. The Morgan fingerprint density at radius 1 is 1.28 bits per heavy atom. The number of halogens is 2. The zero-order valence-corrected chi connectivity index (χ0v) is 14.1. The van der Waals surface area contributed by atoms with Gasteiger partial charge >= 0.3 is 6.16 Å². The van der Waals surface area contributed by atoms with Gasteiger partial charge in [0.15, 0.2) is 0 Å². The van der Waals surface area contributed by atoms with Crippen LogP contribution in [0.15, 0.2) is 46.7 Å². The highest BCUT2D eigenvalue weighted by Gasteiger charge is 2.36. The zero-order chi connectivity index (χ0) is 18.1. The van der Waals surface area contributed by atoms with E-state index in [0.717, 1.165) is 7.11 Å². The Morgan fingerprint density at radius 2 is 2.04 bits per heavy atom. The number of H-pyrrole nitrogens is 1. The minimum absolute atomic E-state index is 0.0434. The van der Waals surface area contributed by atoms with Crippen LogP contribution in [0.1, 0.15) is 24.0 Å². The van der Waals surface area contributed by atoms with Gasteiger partial charge in [-0.25, -0.2) is 9.18 Å². The Balaban J connectivity index is 2.29. The van der Waals surface area contributed by atoms with Crippen LogP contribution < -0.4 is 10.9 Å². The lowest BCUT2D eigenvalue weighted by Gasteiger charge is -2.29. The Morgan fingerprint density at radius 3 is 2.72 bits per heavy atom. The lowest BCUT2D eigenvalue weighted by Crippen LogP contribution is -2.28. The summed E-state index contributed by atoms with van der Waals surface area (Å²) in [5.41, 5.74) is 0.698. The molecule has 0 radical (unpaired) electrons. The van der Waals surface area contributed by atoms with Crippen LogP contribution in [0, 0.1) is 5.82 Å². The molecule has 0 saturated heterocycles. The van der Waals surface area contributed by atoms with Crippen molar-refractivity contribution in [2.45, 2.75) is 12.8 Å². The molecule has 0 bridgehead atoms. The number of pyridine rings is 1. The Hall–Kier alpha value is -2.80. The molecule has 1 unspecified atom stereocenters. The highest BCUT2D eigenvalue weighted by atomic mass is 35.5. The van der Waals surface area contributed by atoms with Crippen LogP contribution >= 0.6 is 11.6 Å². The summed E-state index contributed by atoms with van der Waals surface area (Å²) in [6.45, 7) is 1.64. The van der Waals surface area contributed by atoms with E-state index in [1.54, 1.807) is 13.0 Å². The number of methoxy groups -OCH3 is 1. The number of carbonyl (C=O) groups is 1. The number of hydrogen-bond acceptors (Lipinski definition) is 5. The van der Waals surface area contributed by atoms with Crippen LogP contribution in [-0.4, -0.2) is 18.2 Å². The number of carbonyl (C=O) groups excluding carboxylic acids is 1. The third kappa shape index (κ3) is 2.98. The van der Waals surface area contributed by atoms with Gasteiger partial charge in [-0.05, 0) is 25.1 Å². The van der Waals surface area contributed by atoms with Gasteiger partial charge in [-0.2, -0.15) is 0 Å². The summed E-state index contributed by atoms with van der Waals surface area (Å²) in [5.74, 6) is -1.58. The molecule has 6 nitrogen and oxygen atoms in total. The first-order chi connectivity index (χ1) is 11.9. The maximum Gasteiger partial charge on any atom is 0.513 e. The summed E-state index contributed by atoms with van der Waals surface area (Å²) in [5, 5.41) is 3.09. The number of aromatic amines is 1. The molecule has 1 aliphatic rings. The highest BCUT2D eigenvalue weighted by molar-refractivity contribution is 6.31. The third-order valence-electron chi connectivity index (χ3n) is 3.89. The standard InChI is InChI=1S/C17H14ClFN2O4/c1-8-15(25-17(23)24-2)14(12-9(18)4-3-5-10(12)19)13-11(21-8)6-7-20-16(13)22/h3-7,14,21H,1-2H3,(H,20,22). The van der Waals surface area contributed by atoms with Gasteiger partial charge in [0.25, 0.3) is 5.56 Å². The first-order valence-electron chi connectivity index (χ1n) is 7.33. The number of anilines is 1. The molecule has 2 aromatic rings. The summed E-state index contributed by atoms with van der Waals surface area (Å²) >= 11 is 6.20. The minimum atomic E-state index is -1.01. The van der Waals surface area contributed by atoms with Gasteiger partial charge in [-0.15, -0.1) is 0 Å². The second kappa shape index (κ2) is 6.60. The van der Waals surface area contributed by atoms with Gasteiger partial charge in [0.1, 0.15) is 11.6 Å². The van der Waals surface area contributed by atoms with E-state index in [-0.39, 0.29) is 21.9 Å². The summed E-state index contributed by atoms with van der Waals surface area (Å²) in [7, 11) is 1.15. The van der Waals surface area contributed by atoms with Crippen LogP contribution in [0.5, 0.6) is 0 Å². The SMILES string of the molecule is COC(=O)OC1=C(C)Nc2cc[nH]c(=O)c2C1c1c(F)cccc1Cl. The van der Waals surface area contributed by atoms with E-state index in [1.807, 2.05) is 0 Å². The van der Waals surface area contributed by atoms with E-state index < -0.39 is 23.4 Å². The van der Waals surface area contributed by atoms with Crippen molar-refractivity contribution >= 4 is 23.4 Å². The smallest absolute Gasteiger partial charge is 0.437 e. The first-order valence-corrected chi connectivity index (χ1v) is 7.71. The molecular weight excluding hydrogens is 351 g/mol. The maximum atomic E-state index is 14.6. The first kappa shape index (κ1) is 17.0. The molecule has 8 heteroatoms. The minimum Gasteiger partial charge on any atom is -0.437 e. The summed E-state index contributed by atoms with van der Waals surface area (Å²) in [6.07, 6.45) is 0.484. The molecule has 1 atom stereocenters. The molecule has 0 fully saturated rings. The van der Waals surface area contributed by atoms with Gasteiger partial charge in [0.2, 0.25) is 0 Å². The topological polar surface area (TPSA) is 80.4 Å². The number of allylic oxidation sites excluding steroid dienone is 2. The number of rotatable bonds is 2. The Bertz CT molecular complexity index is 918. The van der Waals surface area contributed by atoms with Crippen molar-refractivity contribution in [1.29, 1.82) is 0 Å². The fraction of sp³-hybridized carbons (Fsp3) is 0.176. The van der Waals surface area contributed by atoms with Gasteiger partial charge in [-0.1, -0.05) is 17.7 Å². The van der Waals surface area contributed by atoms with Crippen molar-refractivity contribution < 1.29 is 18.7 Å². The molecular formula is C17H14ClFN2O4. The van der Waals surface area contributed by atoms with Crippen LogP contribution in [0.3, 0.4) is 0 Å². The second-order valence-electron chi connectivity index (χ2n) is 5.37. The number of ether oxygens (including phenoxy) is 2. The predicted molar refractivity (Wildman–Crippen MR) is 90.1 cm³/mol. The summed E-state index contributed by atoms with van der Waals surface area (Å²) in [4.78, 5) is 26.6. The van der Waals surface area contributed by atoms with Crippen LogP contribution in [0.25, 0.3) is 0 Å². The van der Waals surface area contributed by atoms with Crippen molar-refractivity contribution in [3.8, 4) is 0 Å². The monoisotopic (exact) mass is 364 g/mol. The van der Waals surface area contributed by atoms with Crippen LogP contribution in [0.4, 0.5) is 14.9 Å². The second-order valence-corrected chi connectivity index (χ2v) is 5.78. The van der Waals surface area contributed by atoms with E-state index >= 15 is 0 Å². The van der Waals surface area contributed by atoms with E-state index in [9.17, 15) is 14.0 Å². The molecule has 1 aromatic heterocycles. The van der Waals surface area contributed by atoms with Crippen LogP contribution in [-0.2, 0) is 9.47 Å². The van der Waals surface area contributed by atoms with Crippen molar-refractivity contribution in [3.63, 3.8) is 0 Å².